The summed E-state index contributed by atoms with van der Waals surface area (Å²) < 4.78 is 15.8. The molecule has 0 bridgehead atoms. The Balaban J connectivity index is 2.34. The lowest BCUT2D eigenvalue weighted by Gasteiger charge is -2.09. The summed E-state index contributed by atoms with van der Waals surface area (Å²) >= 11 is 0. The van der Waals surface area contributed by atoms with E-state index in [-0.39, 0.29) is 0 Å². The van der Waals surface area contributed by atoms with Crippen LogP contribution in [0.5, 0.6) is 11.5 Å². The van der Waals surface area contributed by atoms with Crippen LogP contribution in [0.2, 0.25) is 0 Å². The zero-order valence-electron chi connectivity index (χ0n) is 9.86. The Hall–Kier alpha value is -1.42. The maximum atomic E-state index is 5.75. The molecule has 0 aliphatic carbocycles. The quantitative estimate of drug-likeness (QED) is 0.570. The molecule has 0 heterocycles. The van der Waals surface area contributed by atoms with Gasteiger partial charge in [-0.15, -0.1) is 0 Å². The predicted molar refractivity (Wildman–Crippen MR) is 64.0 cm³/mol. The van der Waals surface area contributed by atoms with Gasteiger partial charge in [0.2, 0.25) is 0 Å². The van der Waals surface area contributed by atoms with Crippen LogP contribution in [0.15, 0.2) is 18.2 Å². The van der Waals surface area contributed by atoms with Crippen molar-refractivity contribution in [3.63, 3.8) is 0 Å². The first-order valence-corrected chi connectivity index (χ1v) is 5.42. The molecule has 0 aliphatic rings. The molecule has 0 radical (unpaired) electrons. The molecule has 0 atom stereocenters. The smallest absolute Gasteiger partial charge is 0.142 e. The second-order valence-corrected chi connectivity index (χ2v) is 3.36. The highest BCUT2D eigenvalue weighted by Crippen LogP contribution is 2.25. The molecule has 90 valence electrons. The fourth-order valence-corrected chi connectivity index (χ4v) is 1.27. The Labute approximate surface area is 96.3 Å². The monoisotopic (exact) mass is 225 g/mol. The summed E-state index contributed by atoms with van der Waals surface area (Å²) in [6.07, 6.45) is 1.02. The zero-order valence-corrected chi connectivity index (χ0v) is 9.86. The van der Waals surface area contributed by atoms with Crippen LogP contribution < -0.4 is 15.2 Å². The fraction of sp³-hybridized carbons (Fsp3) is 0.500. The van der Waals surface area contributed by atoms with Crippen LogP contribution in [0.4, 0.5) is 5.69 Å². The molecule has 1 aromatic carbocycles. The number of hydrogen-bond donors (Lipinski definition) is 1. The summed E-state index contributed by atoms with van der Waals surface area (Å²) in [6, 6.07) is 5.37. The van der Waals surface area contributed by atoms with Gasteiger partial charge in [-0.25, -0.2) is 0 Å². The molecule has 0 fully saturated rings. The molecule has 0 aromatic heterocycles. The molecule has 4 heteroatoms. The van der Waals surface area contributed by atoms with Gasteiger partial charge in [0, 0.05) is 12.7 Å². The summed E-state index contributed by atoms with van der Waals surface area (Å²) in [4.78, 5) is 0. The summed E-state index contributed by atoms with van der Waals surface area (Å²) in [5, 5.41) is 0. The SMILES string of the molecule is CCCOCCOc1ccc(OC)c(N)c1. The van der Waals surface area contributed by atoms with Gasteiger partial charge in [0.15, 0.2) is 0 Å². The first kappa shape index (κ1) is 12.6. The van der Waals surface area contributed by atoms with Crippen LogP contribution in [0, 0.1) is 0 Å². The van der Waals surface area contributed by atoms with Crippen molar-refractivity contribution in [3.8, 4) is 11.5 Å². The van der Waals surface area contributed by atoms with Crippen LogP contribution in [0.3, 0.4) is 0 Å². The highest BCUT2D eigenvalue weighted by molar-refractivity contribution is 5.56. The van der Waals surface area contributed by atoms with Gasteiger partial charge in [0.05, 0.1) is 19.4 Å². The summed E-state index contributed by atoms with van der Waals surface area (Å²) in [5.41, 5.74) is 6.33. The third-order valence-corrected chi connectivity index (χ3v) is 2.05. The average molecular weight is 225 g/mol. The van der Waals surface area contributed by atoms with Crippen molar-refractivity contribution in [1.29, 1.82) is 0 Å². The summed E-state index contributed by atoms with van der Waals surface area (Å²) in [6.45, 7) is 3.98. The molecule has 0 aliphatic heterocycles. The molecular weight excluding hydrogens is 206 g/mol. The van der Waals surface area contributed by atoms with Gasteiger partial charge < -0.3 is 19.9 Å². The topological polar surface area (TPSA) is 53.7 Å². The lowest BCUT2D eigenvalue weighted by Crippen LogP contribution is -2.07. The average Bonchev–Trinajstić information content (AvgIpc) is 2.29. The zero-order chi connectivity index (χ0) is 11.8. The molecule has 2 N–H and O–H groups in total. The Kier molecular flexibility index (Phi) is 5.50. The Bertz CT molecular complexity index is 315. The van der Waals surface area contributed by atoms with Crippen LogP contribution in [-0.2, 0) is 4.74 Å². The minimum atomic E-state index is 0.534. The van der Waals surface area contributed by atoms with Crippen LogP contribution in [0.25, 0.3) is 0 Å². The highest BCUT2D eigenvalue weighted by Gasteiger charge is 2.01. The standard InChI is InChI=1S/C12H19NO3/c1-3-6-15-7-8-16-10-4-5-12(14-2)11(13)9-10/h4-5,9H,3,6-8,13H2,1-2H3. The third-order valence-electron chi connectivity index (χ3n) is 2.05. The first-order valence-electron chi connectivity index (χ1n) is 5.42. The Morgan fingerprint density at radius 1 is 1.19 bits per heavy atom. The van der Waals surface area contributed by atoms with E-state index in [1.54, 1.807) is 19.2 Å². The first-order chi connectivity index (χ1) is 7.77. The maximum Gasteiger partial charge on any atom is 0.142 e. The number of rotatable bonds is 7. The lowest BCUT2D eigenvalue weighted by molar-refractivity contribution is 0.101. The highest BCUT2D eigenvalue weighted by atomic mass is 16.5. The molecule has 0 saturated carbocycles. The number of hydrogen-bond acceptors (Lipinski definition) is 4. The third kappa shape index (κ3) is 3.98. The van der Waals surface area contributed by atoms with Gasteiger partial charge in [0.25, 0.3) is 0 Å². The molecular formula is C12H19NO3. The van der Waals surface area contributed by atoms with Gasteiger partial charge in [0.1, 0.15) is 18.1 Å². The second kappa shape index (κ2) is 6.95. The van der Waals surface area contributed by atoms with E-state index >= 15 is 0 Å². The van der Waals surface area contributed by atoms with E-state index < -0.39 is 0 Å². The molecule has 0 saturated heterocycles. The van der Waals surface area contributed by atoms with E-state index in [1.807, 2.05) is 6.07 Å². The van der Waals surface area contributed by atoms with Crippen molar-refractivity contribution in [2.45, 2.75) is 13.3 Å². The minimum Gasteiger partial charge on any atom is -0.495 e. The number of ether oxygens (including phenoxy) is 3. The molecule has 0 amide bonds. The molecule has 0 spiro atoms. The van der Waals surface area contributed by atoms with Crippen molar-refractivity contribution in [1.82, 2.24) is 0 Å². The molecule has 1 aromatic rings. The van der Waals surface area contributed by atoms with E-state index in [0.717, 1.165) is 18.8 Å². The van der Waals surface area contributed by atoms with E-state index in [1.165, 1.54) is 0 Å². The van der Waals surface area contributed by atoms with E-state index in [0.29, 0.717) is 24.7 Å². The molecule has 16 heavy (non-hydrogen) atoms. The number of nitrogen functional groups attached to an aromatic ring is 1. The second-order valence-electron chi connectivity index (χ2n) is 3.36. The molecule has 1 rings (SSSR count). The minimum absolute atomic E-state index is 0.534. The van der Waals surface area contributed by atoms with Gasteiger partial charge in [-0.1, -0.05) is 6.92 Å². The molecule has 4 nitrogen and oxygen atoms in total. The van der Waals surface area contributed by atoms with Crippen molar-refractivity contribution in [3.05, 3.63) is 18.2 Å². The van der Waals surface area contributed by atoms with E-state index in [9.17, 15) is 0 Å². The number of anilines is 1. The Morgan fingerprint density at radius 2 is 2.00 bits per heavy atom. The van der Waals surface area contributed by atoms with Crippen LogP contribution in [0.1, 0.15) is 13.3 Å². The molecule has 0 unspecified atom stereocenters. The number of benzene rings is 1. The summed E-state index contributed by atoms with van der Waals surface area (Å²) in [5.74, 6) is 1.40. The van der Waals surface area contributed by atoms with Gasteiger partial charge >= 0.3 is 0 Å². The summed E-state index contributed by atoms with van der Waals surface area (Å²) in [7, 11) is 1.59. The normalized spacial score (nSPS) is 10.1. The largest absolute Gasteiger partial charge is 0.495 e. The number of methoxy groups -OCH3 is 1. The van der Waals surface area contributed by atoms with Gasteiger partial charge in [-0.2, -0.15) is 0 Å². The fourth-order valence-electron chi connectivity index (χ4n) is 1.27. The van der Waals surface area contributed by atoms with E-state index in [2.05, 4.69) is 6.92 Å². The maximum absolute atomic E-state index is 5.75. The van der Waals surface area contributed by atoms with Crippen molar-refractivity contribution >= 4 is 5.69 Å². The predicted octanol–water partition coefficient (Wildman–Crippen LogP) is 2.08. The van der Waals surface area contributed by atoms with Crippen molar-refractivity contribution in [2.75, 3.05) is 32.7 Å². The van der Waals surface area contributed by atoms with Gasteiger partial charge in [-0.05, 0) is 18.6 Å². The van der Waals surface area contributed by atoms with Crippen LogP contribution in [-0.4, -0.2) is 26.9 Å². The number of nitrogens with two attached hydrogens (primary N) is 1. The van der Waals surface area contributed by atoms with Crippen molar-refractivity contribution in [2.24, 2.45) is 0 Å². The van der Waals surface area contributed by atoms with E-state index in [4.69, 9.17) is 19.9 Å². The Morgan fingerprint density at radius 3 is 2.62 bits per heavy atom. The lowest BCUT2D eigenvalue weighted by atomic mass is 10.3. The van der Waals surface area contributed by atoms with Crippen LogP contribution >= 0.6 is 0 Å². The van der Waals surface area contributed by atoms with Gasteiger partial charge in [-0.3, -0.25) is 0 Å². The van der Waals surface area contributed by atoms with Crippen molar-refractivity contribution < 1.29 is 14.2 Å².